The number of aliphatic hydroxyl groups is 2. The zero-order valence-electron chi connectivity index (χ0n) is 11.2. The van der Waals surface area contributed by atoms with E-state index in [9.17, 15) is 9.90 Å². The fraction of sp³-hybridized carbons (Fsp3) is 0.545. The molecule has 0 saturated carbocycles. The van der Waals surface area contributed by atoms with Crippen molar-refractivity contribution in [3.63, 3.8) is 0 Å². The third kappa shape index (κ3) is 2.13. The van der Waals surface area contributed by atoms with Crippen molar-refractivity contribution >= 4 is 17.1 Å². The van der Waals surface area contributed by atoms with Gasteiger partial charge in [0.05, 0.1) is 19.8 Å². The van der Waals surface area contributed by atoms with Gasteiger partial charge in [0.1, 0.15) is 12.3 Å². The molecule has 0 bridgehead atoms. The van der Waals surface area contributed by atoms with E-state index in [1.807, 2.05) is 0 Å². The summed E-state index contributed by atoms with van der Waals surface area (Å²) in [6.45, 7) is -0.317. The lowest BCUT2D eigenvalue weighted by molar-refractivity contribution is -0.0450. The summed E-state index contributed by atoms with van der Waals surface area (Å²) in [5, 5.41) is 19.0. The Balaban J connectivity index is 2.15. The summed E-state index contributed by atoms with van der Waals surface area (Å²) in [6, 6.07) is 0.115. The van der Waals surface area contributed by atoms with E-state index in [2.05, 4.69) is 15.0 Å². The number of anilines is 1. The maximum Gasteiger partial charge on any atom is 0.300 e. The lowest BCUT2D eigenvalue weighted by atomic mass is 10.2. The van der Waals surface area contributed by atoms with Crippen molar-refractivity contribution in [2.75, 3.05) is 19.5 Å². The Morgan fingerprint density at radius 3 is 2.95 bits per heavy atom. The van der Waals surface area contributed by atoms with Gasteiger partial charge >= 0.3 is 6.01 Å². The third-order valence-corrected chi connectivity index (χ3v) is 3.39. The zero-order valence-corrected chi connectivity index (χ0v) is 11.2. The molecule has 5 N–H and O–H groups in total. The monoisotopic (exact) mass is 297 g/mol. The molecule has 0 amide bonds. The van der Waals surface area contributed by atoms with E-state index in [-0.39, 0.29) is 36.2 Å². The normalized spacial score (nSPS) is 25.6. The predicted octanol–water partition coefficient (Wildman–Crippen LogP) is -1.65. The number of aromatic amines is 1. The summed E-state index contributed by atoms with van der Waals surface area (Å²) < 4.78 is 12.1. The molecule has 1 saturated heterocycles. The first kappa shape index (κ1) is 13.8. The van der Waals surface area contributed by atoms with E-state index in [4.69, 9.17) is 20.3 Å². The number of nitrogens with one attached hydrogen (secondary N) is 1. The number of imidazole rings is 1. The molecule has 0 spiro atoms. The third-order valence-electron chi connectivity index (χ3n) is 3.39. The number of methoxy groups -OCH3 is 1. The number of ether oxygens (including phenoxy) is 2. The van der Waals surface area contributed by atoms with Crippen LogP contribution in [0.2, 0.25) is 0 Å². The maximum atomic E-state index is 11.8. The lowest BCUT2D eigenvalue weighted by Gasteiger charge is -2.15. The van der Waals surface area contributed by atoms with Crippen molar-refractivity contribution < 1.29 is 19.7 Å². The van der Waals surface area contributed by atoms with Gasteiger partial charge in [0, 0.05) is 6.42 Å². The summed E-state index contributed by atoms with van der Waals surface area (Å²) in [6.07, 6.45) is -2.00. The molecule has 3 rings (SSSR count). The highest BCUT2D eigenvalue weighted by molar-refractivity contribution is 5.72. The molecule has 1 aliphatic heterocycles. The fourth-order valence-corrected chi connectivity index (χ4v) is 2.42. The first-order chi connectivity index (χ1) is 10.0. The summed E-state index contributed by atoms with van der Waals surface area (Å²) in [5.74, 6) is -0.0615. The second-order valence-corrected chi connectivity index (χ2v) is 4.71. The maximum absolute atomic E-state index is 11.8. The van der Waals surface area contributed by atoms with Crippen LogP contribution in [0.15, 0.2) is 4.79 Å². The number of hydrogen-bond donors (Lipinski definition) is 4. The van der Waals surface area contributed by atoms with Gasteiger partial charge in [0.2, 0.25) is 5.95 Å². The van der Waals surface area contributed by atoms with Gasteiger partial charge in [-0.3, -0.25) is 14.3 Å². The number of hydrogen-bond acceptors (Lipinski definition) is 8. The van der Waals surface area contributed by atoms with Crippen molar-refractivity contribution in [3.05, 3.63) is 10.4 Å². The first-order valence-corrected chi connectivity index (χ1v) is 6.31. The van der Waals surface area contributed by atoms with Gasteiger partial charge in [0.25, 0.3) is 5.56 Å². The Bertz CT molecular complexity index is 726. The molecule has 1 fully saturated rings. The van der Waals surface area contributed by atoms with Gasteiger partial charge in [-0.2, -0.15) is 9.97 Å². The molecule has 2 aromatic rings. The van der Waals surface area contributed by atoms with Crippen LogP contribution in [-0.2, 0) is 4.74 Å². The minimum Gasteiger partial charge on any atom is -0.468 e. The van der Waals surface area contributed by atoms with Crippen LogP contribution in [0, 0.1) is 0 Å². The van der Waals surface area contributed by atoms with E-state index < -0.39 is 24.0 Å². The second kappa shape index (κ2) is 4.98. The van der Waals surface area contributed by atoms with Crippen LogP contribution in [0.5, 0.6) is 6.01 Å². The topological polar surface area (TPSA) is 149 Å². The fourth-order valence-electron chi connectivity index (χ4n) is 2.42. The number of aliphatic hydroxyl groups excluding tert-OH is 2. The zero-order chi connectivity index (χ0) is 15.1. The van der Waals surface area contributed by atoms with Gasteiger partial charge in [-0.1, -0.05) is 0 Å². The number of H-pyrrole nitrogens is 1. The second-order valence-electron chi connectivity index (χ2n) is 4.71. The Labute approximate surface area is 118 Å². The molecule has 0 radical (unpaired) electrons. The number of nitrogens with two attached hydrogens (primary N) is 1. The average Bonchev–Trinajstić information content (AvgIpc) is 2.98. The number of nitrogen functional groups attached to an aromatic ring is 1. The summed E-state index contributed by atoms with van der Waals surface area (Å²) in [4.78, 5) is 22.3. The Kier molecular flexibility index (Phi) is 3.27. The molecule has 10 nitrogen and oxygen atoms in total. The molecule has 0 aliphatic carbocycles. The van der Waals surface area contributed by atoms with Gasteiger partial charge in [-0.25, -0.2) is 0 Å². The number of aromatic nitrogens is 4. The molecule has 1 aliphatic rings. The molecule has 1 unspecified atom stereocenters. The minimum atomic E-state index is -0.832. The molecule has 3 heterocycles. The Morgan fingerprint density at radius 1 is 1.57 bits per heavy atom. The highest BCUT2D eigenvalue weighted by Crippen LogP contribution is 2.33. The van der Waals surface area contributed by atoms with Crippen LogP contribution in [0.3, 0.4) is 0 Å². The summed E-state index contributed by atoms with van der Waals surface area (Å²) in [5.41, 5.74) is 5.31. The van der Waals surface area contributed by atoms with Crippen LogP contribution in [0.1, 0.15) is 12.6 Å². The highest BCUT2D eigenvalue weighted by atomic mass is 16.5. The van der Waals surface area contributed by atoms with Gasteiger partial charge < -0.3 is 25.4 Å². The molecule has 114 valence electrons. The number of rotatable bonds is 3. The van der Waals surface area contributed by atoms with Crippen molar-refractivity contribution in [2.45, 2.75) is 24.9 Å². The van der Waals surface area contributed by atoms with Crippen LogP contribution >= 0.6 is 0 Å². The SMILES string of the molecule is COc1nc2c(=O)[nH]c(N)nc2n1[C@H]1CC(O)[C@@H](CO)O1. The molecule has 2 aromatic heterocycles. The highest BCUT2D eigenvalue weighted by Gasteiger charge is 2.37. The van der Waals surface area contributed by atoms with Crippen molar-refractivity contribution in [1.82, 2.24) is 19.5 Å². The quantitative estimate of drug-likeness (QED) is 0.526. The number of fused-ring (bicyclic) bond motifs is 1. The minimum absolute atomic E-state index is 0.0615. The molecule has 3 atom stereocenters. The van der Waals surface area contributed by atoms with Crippen molar-refractivity contribution in [3.8, 4) is 6.01 Å². The van der Waals surface area contributed by atoms with E-state index >= 15 is 0 Å². The van der Waals surface area contributed by atoms with E-state index in [1.54, 1.807) is 0 Å². The first-order valence-electron chi connectivity index (χ1n) is 6.31. The van der Waals surface area contributed by atoms with Crippen LogP contribution in [-0.4, -0.2) is 55.7 Å². The molecule has 10 heteroatoms. The largest absolute Gasteiger partial charge is 0.468 e. The molecular weight excluding hydrogens is 282 g/mol. The van der Waals surface area contributed by atoms with Crippen LogP contribution < -0.4 is 16.0 Å². The van der Waals surface area contributed by atoms with Crippen molar-refractivity contribution in [2.24, 2.45) is 0 Å². The van der Waals surface area contributed by atoms with E-state index in [1.165, 1.54) is 11.7 Å². The summed E-state index contributed by atoms with van der Waals surface area (Å²) in [7, 11) is 1.39. The summed E-state index contributed by atoms with van der Waals surface area (Å²) >= 11 is 0. The van der Waals surface area contributed by atoms with E-state index in [0.717, 1.165) is 0 Å². The van der Waals surface area contributed by atoms with E-state index in [0.29, 0.717) is 0 Å². The molecular formula is C11H15N5O5. The number of nitrogens with zero attached hydrogens (tertiary/aromatic N) is 3. The van der Waals surface area contributed by atoms with Crippen LogP contribution in [0.25, 0.3) is 11.2 Å². The van der Waals surface area contributed by atoms with Crippen molar-refractivity contribution in [1.29, 1.82) is 0 Å². The van der Waals surface area contributed by atoms with Gasteiger partial charge in [-0.15, -0.1) is 0 Å². The lowest BCUT2D eigenvalue weighted by Crippen LogP contribution is -2.24. The Morgan fingerprint density at radius 2 is 2.33 bits per heavy atom. The van der Waals surface area contributed by atoms with Gasteiger partial charge in [0.15, 0.2) is 11.2 Å². The standard InChI is InChI=1S/C11H15N5O5/c1-20-11-13-7-8(14-10(12)15-9(7)19)16(11)6-2-4(18)5(3-17)21-6/h4-6,17-18H,2-3H2,1H3,(H3,12,14,15,19)/t4?,5-,6-/m1/s1. The molecule has 21 heavy (non-hydrogen) atoms. The average molecular weight is 297 g/mol. The predicted molar refractivity (Wildman–Crippen MR) is 70.7 cm³/mol. The van der Waals surface area contributed by atoms with Gasteiger partial charge in [-0.05, 0) is 0 Å². The van der Waals surface area contributed by atoms with Crippen LogP contribution in [0.4, 0.5) is 5.95 Å². The Hall–Kier alpha value is -2.17. The smallest absolute Gasteiger partial charge is 0.300 e. The molecule has 0 aromatic carbocycles.